The van der Waals surface area contributed by atoms with E-state index < -0.39 is 23.3 Å². The van der Waals surface area contributed by atoms with E-state index in [-0.39, 0.29) is 29.5 Å². The average molecular weight is 435 g/mol. The number of nitrogens with one attached hydrogen (secondary N) is 1. The second-order valence-corrected chi connectivity index (χ2v) is 8.57. The lowest BCUT2D eigenvalue weighted by Crippen LogP contribution is -2.52. The normalized spacial score (nSPS) is 12.2. The monoisotopic (exact) mass is 434 g/mol. The number of hydrogen-bond donors (Lipinski definition) is 1. The van der Waals surface area contributed by atoms with Gasteiger partial charge >= 0.3 is 0 Å². The van der Waals surface area contributed by atoms with Crippen LogP contribution in [-0.4, -0.2) is 35.4 Å². The third-order valence-electron chi connectivity index (χ3n) is 4.57. The first-order valence-corrected chi connectivity index (χ1v) is 10.1. The zero-order valence-electron chi connectivity index (χ0n) is 18.0. The summed E-state index contributed by atoms with van der Waals surface area (Å²) in [5.74, 6) is -0.543. The maximum absolute atomic E-state index is 14.2. The number of carbonyl (C=O) groups is 2. The molecule has 1 atom stereocenters. The summed E-state index contributed by atoms with van der Waals surface area (Å²) >= 11 is 6.10. The molecular formula is C23H28ClFN2O3. The van der Waals surface area contributed by atoms with Gasteiger partial charge in [-0.15, -0.1) is 0 Å². The van der Waals surface area contributed by atoms with Crippen molar-refractivity contribution in [1.29, 1.82) is 0 Å². The molecule has 1 unspecified atom stereocenters. The van der Waals surface area contributed by atoms with Gasteiger partial charge in [-0.1, -0.05) is 29.8 Å². The summed E-state index contributed by atoms with van der Waals surface area (Å²) in [5, 5.41) is 3.07. The zero-order chi connectivity index (χ0) is 22.5. The Morgan fingerprint density at radius 1 is 1.17 bits per heavy atom. The zero-order valence-corrected chi connectivity index (χ0v) is 18.7. The first-order valence-electron chi connectivity index (χ1n) is 9.69. The molecule has 0 spiro atoms. The molecule has 0 bridgehead atoms. The SMILES string of the molecule is COc1ccc(CN(C(=O)Cc2c(F)cccc2Cl)C(C)C(=O)NC(C)(C)C)cc1. The number of nitrogens with zero attached hydrogens (tertiary/aromatic N) is 1. The van der Waals surface area contributed by atoms with Crippen LogP contribution < -0.4 is 10.1 Å². The molecule has 0 heterocycles. The molecule has 0 aliphatic rings. The highest BCUT2D eigenvalue weighted by atomic mass is 35.5. The Balaban J connectivity index is 2.31. The summed E-state index contributed by atoms with van der Waals surface area (Å²) in [6, 6.07) is 10.7. The van der Waals surface area contributed by atoms with Gasteiger partial charge in [0.25, 0.3) is 0 Å². The van der Waals surface area contributed by atoms with Crippen molar-refractivity contribution in [1.82, 2.24) is 10.2 Å². The second kappa shape index (κ2) is 9.94. The Labute approximate surface area is 182 Å². The lowest BCUT2D eigenvalue weighted by Gasteiger charge is -2.31. The van der Waals surface area contributed by atoms with Crippen LogP contribution in [0.3, 0.4) is 0 Å². The summed E-state index contributed by atoms with van der Waals surface area (Å²) in [4.78, 5) is 27.3. The molecule has 30 heavy (non-hydrogen) atoms. The van der Waals surface area contributed by atoms with Gasteiger partial charge in [-0.25, -0.2) is 4.39 Å². The van der Waals surface area contributed by atoms with Gasteiger partial charge in [-0.05, 0) is 57.5 Å². The van der Waals surface area contributed by atoms with Crippen LogP contribution >= 0.6 is 11.6 Å². The van der Waals surface area contributed by atoms with Gasteiger partial charge in [-0.3, -0.25) is 9.59 Å². The summed E-state index contributed by atoms with van der Waals surface area (Å²) in [6.45, 7) is 7.45. The molecule has 7 heteroatoms. The van der Waals surface area contributed by atoms with Gasteiger partial charge in [0.1, 0.15) is 17.6 Å². The van der Waals surface area contributed by atoms with Crippen LogP contribution in [0.2, 0.25) is 5.02 Å². The van der Waals surface area contributed by atoms with E-state index in [4.69, 9.17) is 16.3 Å². The van der Waals surface area contributed by atoms with E-state index in [2.05, 4.69) is 5.32 Å². The molecule has 0 aromatic heterocycles. The number of ether oxygens (including phenoxy) is 1. The van der Waals surface area contributed by atoms with Crippen molar-refractivity contribution in [2.45, 2.75) is 52.2 Å². The van der Waals surface area contributed by atoms with Crippen molar-refractivity contribution in [3.05, 3.63) is 64.4 Å². The molecule has 2 amide bonds. The number of carbonyl (C=O) groups excluding carboxylic acids is 2. The fourth-order valence-corrected chi connectivity index (χ4v) is 3.17. The summed E-state index contributed by atoms with van der Waals surface area (Å²) in [5.41, 5.74) is 0.487. The number of amides is 2. The first kappa shape index (κ1) is 23.7. The average Bonchev–Trinajstić information content (AvgIpc) is 2.67. The minimum atomic E-state index is -0.760. The fraction of sp³-hybridized carbons (Fsp3) is 0.391. The topological polar surface area (TPSA) is 58.6 Å². The molecule has 162 valence electrons. The molecule has 2 aromatic rings. The van der Waals surface area contributed by atoms with Crippen molar-refractivity contribution >= 4 is 23.4 Å². The summed E-state index contributed by atoms with van der Waals surface area (Å²) < 4.78 is 19.4. The van der Waals surface area contributed by atoms with Crippen LogP contribution in [0, 0.1) is 5.82 Å². The standard InChI is InChI=1S/C23H28ClFN2O3/c1-15(22(29)26-23(2,3)4)27(14-16-9-11-17(30-5)12-10-16)21(28)13-18-19(24)7-6-8-20(18)25/h6-12,15H,13-14H2,1-5H3,(H,26,29). The van der Waals surface area contributed by atoms with Crippen LogP contribution in [0.5, 0.6) is 5.75 Å². The van der Waals surface area contributed by atoms with Crippen molar-refractivity contribution in [3.63, 3.8) is 0 Å². The minimum absolute atomic E-state index is 0.118. The highest BCUT2D eigenvalue weighted by molar-refractivity contribution is 6.31. The van der Waals surface area contributed by atoms with E-state index in [0.29, 0.717) is 5.75 Å². The third-order valence-corrected chi connectivity index (χ3v) is 4.92. The Morgan fingerprint density at radius 3 is 2.33 bits per heavy atom. The number of methoxy groups -OCH3 is 1. The fourth-order valence-electron chi connectivity index (χ4n) is 2.94. The van der Waals surface area contributed by atoms with Gasteiger partial charge in [-0.2, -0.15) is 0 Å². The predicted octanol–water partition coefficient (Wildman–Crippen LogP) is 4.36. The van der Waals surface area contributed by atoms with Crippen LogP contribution in [0.1, 0.15) is 38.8 Å². The van der Waals surface area contributed by atoms with Gasteiger partial charge < -0.3 is 15.0 Å². The molecule has 0 saturated carbocycles. The van der Waals surface area contributed by atoms with E-state index >= 15 is 0 Å². The molecule has 2 rings (SSSR count). The maximum Gasteiger partial charge on any atom is 0.242 e. The Kier molecular flexibility index (Phi) is 7.84. The summed E-state index contributed by atoms with van der Waals surface area (Å²) in [6.07, 6.45) is -0.241. The molecule has 0 saturated heterocycles. The molecule has 1 N–H and O–H groups in total. The second-order valence-electron chi connectivity index (χ2n) is 8.16. The molecule has 0 radical (unpaired) electrons. The summed E-state index contributed by atoms with van der Waals surface area (Å²) in [7, 11) is 1.57. The minimum Gasteiger partial charge on any atom is -0.497 e. The van der Waals surface area contributed by atoms with E-state index in [9.17, 15) is 14.0 Å². The van der Waals surface area contributed by atoms with Crippen molar-refractivity contribution < 1.29 is 18.7 Å². The predicted molar refractivity (Wildman–Crippen MR) is 116 cm³/mol. The lowest BCUT2D eigenvalue weighted by molar-refractivity contribution is -0.140. The number of hydrogen-bond acceptors (Lipinski definition) is 3. The van der Waals surface area contributed by atoms with E-state index in [1.807, 2.05) is 32.9 Å². The number of rotatable bonds is 7. The van der Waals surface area contributed by atoms with Crippen molar-refractivity contribution in [2.24, 2.45) is 0 Å². The molecule has 0 aliphatic heterocycles. The molecule has 0 fully saturated rings. The Hall–Kier alpha value is -2.60. The van der Waals surface area contributed by atoms with Crippen molar-refractivity contribution in [2.75, 3.05) is 7.11 Å². The molecular weight excluding hydrogens is 407 g/mol. The van der Waals surface area contributed by atoms with Crippen LogP contribution in [0.15, 0.2) is 42.5 Å². The highest BCUT2D eigenvalue weighted by Crippen LogP contribution is 2.22. The third kappa shape index (κ3) is 6.46. The van der Waals surface area contributed by atoms with Gasteiger partial charge in [0, 0.05) is 22.7 Å². The maximum atomic E-state index is 14.2. The lowest BCUT2D eigenvalue weighted by atomic mass is 10.1. The van der Waals surface area contributed by atoms with E-state index in [1.165, 1.54) is 23.1 Å². The van der Waals surface area contributed by atoms with Gasteiger partial charge in [0.05, 0.1) is 13.5 Å². The largest absolute Gasteiger partial charge is 0.497 e. The van der Waals surface area contributed by atoms with Crippen molar-refractivity contribution in [3.8, 4) is 5.75 Å². The Morgan fingerprint density at radius 2 is 1.80 bits per heavy atom. The molecule has 5 nitrogen and oxygen atoms in total. The van der Waals surface area contributed by atoms with Crippen LogP contribution in [-0.2, 0) is 22.6 Å². The van der Waals surface area contributed by atoms with Gasteiger partial charge in [0.15, 0.2) is 0 Å². The number of halogens is 2. The molecule has 2 aromatic carbocycles. The van der Waals surface area contributed by atoms with E-state index in [1.54, 1.807) is 26.2 Å². The van der Waals surface area contributed by atoms with Crippen LogP contribution in [0.4, 0.5) is 4.39 Å². The van der Waals surface area contributed by atoms with Gasteiger partial charge in [0.2, 0.25) is 11.8 Å². The Bertz CT molecular complexity index is 874. The van der Waals surface area contributed by atoms with Crippen LogP contribution in [0.25, 0.3) is 0 Å². The highest BCUT2D eigenvalue weighted by Gasteiger charge is 2.29. The number of benzene rings is 2. The first-order chi connectivity index (χ1) is 14.0. The quantitative estimate of drug-likeness (QED) is 0.704. The van der Waals surface area contributed by atoms with E-state index in [0.717, 1.165) is 5.56 Å². The smallest absolute Gasteiger partial charge is 0.242 e. The molecule has 0 aliphatic carbocycles.